The van der Waals surface area contributed by atoms with Gasteiger partial charge < -0.3 is 15.2 Å². The second-order valence-electron chi connectivity index (χ2n) is 6.56. The topological polar surface area (TPSA) is 68.3 Å². The van der Waals surface area contributed by atoms with Gasteiger partial charge in [0.25, 0.3) is 0 Å². The SMILES string of the molecule is NCC(F)=C1CN(c2cc3c(cc2F)c(=O)c(C=O)cn3C2CC2)C1. The van der Waals surface area contributed by atoms with E-state index in [1.54, 1.807) is 17.2 Å². The Morgan fingerprint density at radius 2 is 2.04 bits per heavy atom. The molecule has 1 saturated carbocycles. The summed E-state index contributed by atoms with van der Waals surface area (Å²) in [6.07, 6.45) is 3.98. The maximum atomic E-state index is 14.6. The van der Waals surface area contributed by atoms with Gasteiger partial charge in [-0.2, -0.15) is 0 Å². The normalized spacial score (nSPS) is 16.9. The van der Waals surface area contributed by atoms with Crippen molar-refractivity contribution in [3.63, 3.8) is 0 Å². The Balaban J connectivity index is 1.83. The smallest absolute Gasteiger partial charge is 0.199 e. The highest BCUT2D eigenvalue weighted by Gasteiger charge is 2.29. The van der Waals surface area contributed by atoms with Gasteiger partial charge >= 0.3 is 0 Å². The molecule has 0 atom stereocenters. The fourth-order valence-electron chi connectivity index (χ4n) is 3.26. The number of rotatable bonds is 4. The minimum atomic E-state index is -0.554. The Bertz CT molecular complexity index is 968. The number of pyridine rings is 1. The molecule has 1 aromatic heterocycles. The van der Waals surface area contributed by atoms with E-state index in [2.05, 4.69) is 0 Å². The largest absolute Gasteiger partial charge is 0.361 e. The van der Waals surface area contributed by atoms with Crippen LogP contribution in [0.1, 0.15) is 29.2 Å². The van der Waals surface area contributed by atoms with Gasteiger partial charge in [0.15, 0.2) is 11.7 Å². The van der Waals surface area contributed by atoms with Crippen LogP contribution >= 0.6 is 0 Å². The number of hydrogen-bond donors (Lipinski definition) is 1. The molecule has 2 N–H and O–H groups in total. The minimum absolute atomic E-state index is 0.0331. The van der Waals surface area contributed by atoms with Gasteiger partial charge in [0.1, 0.15) is 11.6 Å². The molecule has 25 heavy (non-hydrogen) atoms. The molecule has 130 valence electrons. The first-order valence-corrected chi connectivity index (χ1v) is 8.18. The molecule has 0 bridgehead atoms. The molecule has 0 spiro atoms. The lowest BCUT2D eigenvalue weighted by atomic mass is 10.0. The molecule has 2 fully saturated rings. The van der Waals surface area contributed by atoms with Crippen LogP contribution in [0.4, 0.5) is 14.5 Å². The zero-order valence-electron chi connectivity index (χ0n) is 13.5. The maximum absolute atomic E-state index is 14.6. The number of aromatic nitrogens is 1. The van der Waals surface area contributed by atoms with Gasteiger partial charge in [-0.25, -0.2) is 8.78 Å². The fourth-order valence-corrected chi connectivity index (χ4v) is 3.26. The first kappa shape index (κ1) is 16.0. The van der Waals surface area contributed by atoms with E-state index in [1.165, 1.54) is 6.07 Å². The van der Waals surface area contributed by atoms with Crippen molar-refractivity contribution >= 4 is 22.9 Å². The lowest BCUT2D eigenvalue weighted by molar-refractivity contribution is 0.112. The molecule has 2 heterocycles. The van der Waals surface area contributed by atoms with E-state index in [9.17, 15) is 18.4 Å². The Morgan fingerprint density at radius 1 is 1.32 bits per heavy atom. The molecule has 2 aromatic rings. The molecule has 5 nitrogen and oxygen atoms in total. The van der Waals surface area contributed by atoms with Gasteiger partial charge in [-0.3, -0.25) is 9.59 Å². The van der Waals surface area contributed by atoms with E-state index >= 15 is 0 Å². The highest BCUT2D eigenvalue weighted by atomic mass is 19.1. The first-order valence-electron chi connectivity index (χ1n) is 8.18. The minimum Gasteiger partial charge on any atom is -0.361 e. The summed E-state index contributed by atoms with van der Waals surface area (Å²) >= 11 is 0. The summed E-state index contributed by atoms with van der Waals surface area (Å²) in [5, 5.41) is 0.196. The number of hydrogen-bond acceptors (Lipinski definition) is 4. The van der Waals surface area contributed by atoms with E-state index in [1.807, 2.05) is 4.57 Å². The molecule has 0 amide bonds. The van der Waals surface area contributed by atoms with E-state index in [-0.39, 0.29) is 42.5 Å². The predicted octanol–water partition coefficient (Wildman–Crippen LogP) is 2.29. The Kier molecular flexibility index (Phi) is 3.68. The number of benzene rings is 1. The number of fused-ring (bicyclic) bond motifs is 1. The summed E-state index contributed by atoms with van der Waals surface area (Å²) in [5.74, 6) is -0.912. The van der Waals surface area contributed by atoms with Crippen molar-refractivity contribution in [2.75, 3.05) is 24.5 Å². The molecule has 0 radical (unpaired) electrons. The monoisotopic (exact) mass is 345 g/mol. The van der Waals surface area contributed by atoms with Crippen LogP contribution in [0.3, 0.4) is 0 Å². The van der Waals surface area contributed by atoms with E-state index in [4.69, 9.17) is 5.73 Å². The summed E-state index contributed by atoms with van der Waals surface area (Å²) in [6, 6.07) is 3.03. The lowest BCUT2D eigenvalue weighted by Gasteiger charge is -2.36. The number of anilines is 1. The zero-order valence-corrected chi connectivity index (χ0v) is 13.5. The average Bonchev–Trinajstić information content (AvgIpc) is 3.39. The van der Waals surface area contributed by atoms with Crippen LogP contribution in [0, 0.1) is 5.82 Å². The van der Waals surface area contributed by atoms with Crippen LogP contribution in [0.2, 0.25) is 0 Å². The van der Waals surface area contributed by atoms with Crippen molar-refractivity contribution in [3.8, 4) is 0 Å². The number of carbonyl (C=O) groups is 1. The van der Waals surface area contributed by atoms with Crippen LogP contribution in [-0.4, -0.2) is 30.5 Å². The van der Waals surface area contributed by atoms with Crippen LogP contribution in [0.25, 0.3) is 10.9 Å². The zero-order chi connectivity index (χ0) is 17.7. The van der Waals surface area contributed by atoms with Gasteiger partial charge in [-0.1, -0.05) is 0 Å². The number of carbonyl (C=O) groups excluding carboxylic acids is 1. The fraction of sp³-hybridized carbons (Fsp3) is 0.333. The van der Waals surface area contributed by atoms with Crippen molar-refractivity contribution in [2.24, 2.45) is 5.73 Å². The second-order valence-corrected chi connectivity index (χ2v) is 6.56. The molecular weight excluding hydrogens is 328 g/mol. The van der Waals surface area contributed by atoms with Crippen molar-refractivity contribution < 1.29 is 13.6 Å². The first-order chi connectivity index (χ1) is 12.0. The van der Waals surface area contributed by atoms with Crippen LogP contribution in [0.5, 0.6) is 0 Å². The lowest BCUT2D eigenvalue weighted by Crippen LogP contribution is -2.42. The van der Waals surface area contributed by atoms with Crippen LogP contribution < -0.4 is 16.1 Å². The van der Waals surface area contributed by atoms with E-state index in [0.29, 0.717) is 23.1 Å². The highest BCUT2D eigenvalue weighted by molar-refractivity contribution is 5.88. The summed E-state index contributed by atoms with van der Waals surface area (Å²) in [4.78, 5) is 25.2. The van der Waals surface area contributed by atoms with E-state index < -0.39 is 11.2 Å². The van der Waals surface area contributed by atoms with Crippen LogP contribution in [-0.2, 0) is 0 Å². The van der Waals surface area contributed by atoms with Crippen molar-refractivity contribution in [1.82, 2.24) is 4.57 Å². The highest BCUT2D eigenvalue weighted by Crippen LogP contribution is 2.38. The maximum Gasteiger partial charge on any atom is 0.199 e. The molecule has 0 unspecified atom stereocenters. The number of halogens is 2. The number of aldehydes is 1. The summed E-state index contributed by atoms with van der Waals surface area (Å²) in [7, 11) is 0. The molecule has 2 aliphatic rings. The third-order valence-corrected chi connectivity index (χ3v) is 4.86. The molecule has 1 saturated heterocycles. The van der Waals surface area contributed by atoms with Gasteiger partial charge in [-0.05, 0) is 25.0 Å². The van der Waals surface area contributed by atoms with Crippen LogP contribution in [0.15, 0.2) is 34.5 Å². The Hall–Kier alpha value is -2.54. The molecular formula is C18H17F2N3O2. The Labute approximate surface area is 142 Å². The standard InChI is InChI=1S/C18H17F2N3O2/c19-14-3-13-16(4-17(14)22-6-10(7-22)15(20)5-21)23(12-1-2-12)8-11(9-24)18(13)25/h3-4,8-9,12H,1-2,5-7,21H2. The summed E-state index contributed by atoms with van der Waals surface area (Å²) < 4.78 is 29.9. The average molecular weight is 345 g/mol. The predicted molar refractivity (Wildman–Crippen MR) is 91.2 cm³/mol. The van der Waals surface area contributed by atoms with Crippen molar-refractivity contribution in [1.29, 1.82) is 0 Å². The summed E-state index contributed by atoms with van der Waals surface area (Å²) in [5.41, 5.74) is 6.35. The Morgan fingerprint density at radius 3 is 2.64 bits per heavy atom. The van der Waals surface area contributed by atoms with Gasteiger partial charge in [0.2, 0.25) is 0 Å². The van der Waals surface area contributed by atoms with Crippen molar-refractivity contribution in [2.45, 2.75) is 18.9 Å². The molecule has 1 aromatic carbocycles. The van der Waals surface area contributed by atoms with Gasteiger partial charge in [0.05, 0.1) is 16.8 Å². The van der Waals surface area contributed by atoms with Gasteiger partial charge in [0, 0.05) is 42.8 Å². The van der Waals surface area contributed by atoms with Crippen molar-refractivity contribution in [3.05, 3.63) is 51.3 Å². The third-order valence-electron chi connectivity index (χ3n) is 4.86. The third kappa shape index (κ3) is 2.55. The summed E-state index contributed by atoms with van der Waals surface area (Å²) in [6.45, 7) is 0.413. The van der Waals surface area contributed by atoms with E-state index in [0.717, 1.165) is 12.8 Å². The molecule has 4 rings (SSSR count). The number of nitrogens with zero attached hydrogens (tertiary/aromatic N) is 2. The van der Waals surface area contributed by atoms with Gasteiger partial charge in [-0.15, -0.1) is 0 Å². The quantitative estimate of drug-likeness (QED) is 0.864. The number of nitrogens with two attached hydrogens (primary N) is 1. The molecule has 1 aliphatic carbocycles. The second kappa shape index (κ2) is 5.77. The molecule has 7 heteroatoms. The molecule has 1 aliphatic heterocycles.